The number of fused-ring (bicyclic) bond motifs is 1. The van der Waals surface area contributed by atoms with Gasteiger partial charge in [0.15, 0.2) is 5.65 Å². The van der Waals surface area contributed by atoms with Crippen molar-refractivity contribution in [2.45, 2.75) is 13.8 Å². The van der Waals surface area contributed by atoms with Gasteiger partial charge in [0.05, 0.1) is 0 Å². The minimum Gasteiger partial charge on any atom is -0.274 e. The molecule has 0 N–H and O–H groups in total. The lowest BCUT2D eigenvalue weighted by molar-refractivity contribution is -0.124. The van der Waals surface area contributed by atoms with Crippen LogP contribution in [0.25, 0.3) is 5.65 Å². The van der Waals surface area contributed by atoms with Crippen LogP contribution in [0.15, 0.2) is 22.8 Å². The molecule has 2 aromatic heterocycles. The molecular weight excluding hydrogens is 288 g/mol. The van der Waals surface area contributed by atoms with Gasteiger partial charge >= 0.3 is 0 Å². The zero-order valence-electron chi connectivity index (χ0n) is 9.22. The molecule has 0 atom stereocenters. The van der Waals surface area contributed by atoms with Crippen LogP contribution in [0.3, 0.4) is 0 Å². The maximum atomic E-state index is 11.3. The van der Waals surface area contributed by atoms with Gasteiger partial charge in [-0.05, 0) is 12.1 Å². The molecule has 0 saturated carbocycles. The van der Waals surface area contributed by atoms with Crippen molar-refractivity contribution in [1.29, 1.82) is 0 Å². The predicted molar refractivity (Wildman–Crippen MR) is 64.5 cm³/mol. The van der Waals surface area contributed by atoms with E-state index in [-0.39, 0.29) is 5.95 Å². The lowest BCUT2D eigenvalue weighted by Crippen LogP contribution is -2.34. The summed E-state index contributed by atoms with van der Waals surface area (Å²) in [5, 5.41) is 4.07. The fraction of sp³-hybridized carbons (Fsp3) is 0.200. The van der Waals surface area contributed by atoms with Gasteiger partial charge in [0.1, 0.15) is 0 Å². The van der Waals surface area contributed by atoms with Crippen LogP contribution in [0.4, 0.5) is 5.95 Å². The van der Waals surface area contributed by atoms with Crippen molar-refractivity contribution in [3.05, 3.63) is 22.8 Å². The largest absolute Gasteiger partial charge is 0.274 e. The number of rotatable bonds is 1. The highest BCUT2D eigenvalue weighted by Gasteiger charge is 2.20. The first kappa shape index (κ1) is 11.7. The number of amides is 2. The van der Waals surface area contributed by atoms with Gasteiger partial charge in [-0.25, -0.2) is 9.42 Å². The van der Waals surface area contributed by atoms with Crippen LogP contribution in [0.5, 0.6) is 0 Å². The Balaban J connectivity index is 2.55. The van der Waals surface area contributed by atoms with Crippen LogP contribution in [0.2, 0.25) is 0 Å². The fourth-order valence-electron chi connectivity index (χ4n) is 1.44. The Labute approximate surface area is 105 Å². The summed E-state index contributed by atoms with van der Waals surface area (Å²) in [5.41, 5.74) is 0.557. The van der Waals surface area contributed by atoms with Crippen LogP contribution in [-0.2, 0) is 9.59 Å². The molecular formula is C10H9BrN4O2. The van der Waals surface area contributed by atoms with Gasteiger partial charge in [0, 0.05) is 24.5 Å². The van der Waals surface area contributed by atoms with Gasteiger partial charge in [0.2, 0.25) is 11.8 Å². The van der Waals surface area contributed by atoms with Crippen molar-refractivity contribution >= 4 is 39.3 Å². The Morgan fingerprint density at radius 2 is 2.00 bits per heavy atom. The monoisotopic (exact) mass is 296 g/mol. The molecule has 0 bridgehead atoms. The van der Waals surface area contributed by atoms with Gasteiger partial charge in [0.25, 0.3) is 5.95 Å². The smallest absolute Gasteiger partial charge is 0.259 e. The third-order valence-electron chi connectivity index (χ3n) is 2.12. The second-order valence-electron chi connectivity index (χ2n) is 3.43. The molecule has 0 radical (unpaired) electrons. The Kier molecular flexibility index (Phi) is 2.93. The van der Waals surface area contributed by atoms with E-state index in [0.717, 1.165) is 9.37 Å². The van der Waals surface area contributed by atoms with Gasteiger partial charge < -0.3 is 0 Å². The predicted octanol–water partition coefficient (Wildman–Crippen LogP) is 1.39. The van der Waals surface area contributed by atoms with Crippen molar-refractivity contribution < 1.29 is 9.59 Å². The summed E-state index contributed by atoms with van der Waals surface area (Å²) in [5.74, 6) is -0.733. The van der Waals surface area contributed by atoms with Crippen molar-refractivity contribution in [3.8, 4) is 0 Å². The Morgan fingerprint density at radius 3 is 2.59 bits per heavy atom. The minimum atomic E-state index is -0.410. The molecule has 2 rings (SSSR count). The number of halogens is 1. The summed E-state index contributed by atoms with van der Waals surface area (Å²) in [4.78, 5) is 27.7. The number of carbonyl (C=O) groups is 2. The molecule has 2 heterocycles. The van der Waals surface area contributed by atoms with Crippen LogP contribution >= 0.6 is 15.9 Å². The van der Waals surface area contributed by atoms with E-state index in [9.17, 15) is 9.59 Å². The molecule has 0 spiro atoms. The van der Waals surface area contributed by atoms with Crippen molar-refractivity contribution in [1.82, 2.24) is 14.6 Å². The number of carbonyl (C=O) groups excluding carboxylic acids is 2. The number of hydrogen-bond acceptors (Lipinski definition) is 4. The quantitative estimate of drug-likeness (QED) is 0.797. The first-order chi connectivity index (χ1) is 7.99. The highest BCUT2D eigenvalue weighted by Crippen LogP contribution is 2.15. The average molecular weight is 297 g/mol. The van der Waals surface area contributed by atoms with Gasteiger partial charge in [-0.1, -0.05) is 15.9 Å². The SMILES string of the molecule is CC(=O)N(C(C)=O)c1nc2cc(Br)ccn2n1. The summed E-state index contributed by atoms with van der Waals surface area (Å²) in [6, 6.07) is 3.53. The molecule has 0 unspecified atom stereocenters. The number of aromatic nitrogens is 3. The second kappa shape index (κ2) is 4.25. The number of hydrogen-bond donors (Lipinski definition) is 0. The van der Waals surface area contributed by atoms with Crippen LogP contribution in [-0.4, -0.2) is 26.4 Å². The molecule has 17 heavy (non-hydrogen) atoms. The number of anilines is 1. The van der Waals surface area contributed by atoms with Crippen molar-refractivity contribution in [2.75, 3.05) is 4.90 Å². The molecule has 0 fully saturated rings. The van der Waals surface area contributed by atoms with E-state index in [1.54, 1.807) is 18.3 Å². The maximum Gasteiger partial charge on any atom is 0.259 e. The number of imide groups is 1. The lowest BCUT2D eigenvalue weighted by Gasteiger charge is -2.11. The minimum absolute atomic E-state index is 0.0862. The summed E-state index contributed by atoms with van der Waals surface area (Å²) >= 11 is 3.31. The van der Waals surface area contributed by atoms with Gasteiger partial charge in [-0.3, -0.25) is 9.59 Å². The average Bonchev–Trinajstić information content (AvgIpc) is 2.58. The second-order valence-corrected chi connectivity index (χ2v) is 4.35. The topological polar surface area (TPSA) is 67.6 Å². The van der Waals surface area contributed by atoms with E-state index >= 15 is 0 Å². The first-order valence-electron chi connectivity index (χ1n) is 4.82. The Morgan fingerprint density at radius 1 is 1.35 bits per heavy atom. The normalized spacial score (nSPS) is 10.5. The van der Waals surface area contributed by atoms with E-state index in [4.69, 9.17) is 0 Å². The maximum absolute atomic E-state index is 11.3. The molecule has 0 saturated heterocycles. The zero-order chi connectivity index (χ0) is 12.6. The highest BCUT2D eigenvalue weighted by molar-refractivity contribution is 9.10. The molecule has 2 aromatic rings. The lowest BCUT2D eigenvalue weighted by atomic mass is 10.5. The zero-order valence-corrected chi connectivity index (χ0v) is 10.8. The molecule has 0 aromatic carbocycles. The van der Waals surface area contributed by atoms with E-state index in [1.165, 1.54) is 18.4 Å². The molecule has 88 valence electrons. The first-order valence-corrected chi connectivity index (χ1v) is 5.61. The Bertz CT molecular complexity index is 593. The van der Waals surface area contributed by atoms with Crippen molar-refractivity contribution in [3.63, 3.8) is 0 Å². The number of pyridine rings is 1. The molecule has 0 aliphatic heterocycles. The van der Waals surface area contributed by atoms with Crippen LogP contribution in [0, 0.1) is 0 Å². The van der Waals surface area contributed by atoms with Crippen molar-refractivity contribution in [2.24, 2.45) is 0 Å². The highest BCUT2D eigenvalue weighted by atomic mass is 79.9. The van der Waals surface area contributed by atoms with Crippen LogP contribution < -0.4 is 4.90 Å². The molecule has 0 aliphatic rings. The summed E-state index contributed by atoms with van der Waals surface area (Å²) in [6.07, 6.45) is 1.69. The Hall–Kier alpha value is -1.76. The standard InChI is InChI=1S/C10H9BrN4O2/c1-6(16)15(7(2)17)10-12-9-5-8(11)3-4-14(9)13-10/h3-5H,1-2H3. The molecule has 7 heteroatoms. The summed E-state index contributed by atoms with van der Waals surface area (Å²) in [6.45, 7) is 2.59. The van der Waals surface area contributed by atoms with Gasteiger partial charge in [-0.15, -0.1) is 5.10 Å². The van der Waals surface area contributed by atoms with E-state index in [1.807, 2.05) is 0 Å². The molecule has 2 amide bonds. The fourth-order valence-corrected chi connectivity index (χ4v) is 1.77. The molecule has 6 nitrogen and oxygen atoms in total. The third-order valence-corrected chi connectivity index (χ3v) is 2.61. The van der Waals surface area contributed by atoms with E-state index in [0.29, 0.717) is 5.65 Å². The van der Waals surface area contributed by atoms with Gasteiger partial charge in [-0.2, -0.15) is 4.98 Å². The molecule has 0 aliphatic carbocycles. The summed E-state index contributed by atoms with van der Waals surface area (Å²) in [7, 11) is 0. The van der Waals surface area contributed by atoms with E-state index in [2.05, 4.69) is 26.0 Å². The third kappa shape index (κ3) is 2.19. The summed E-state index contributed by atoms with van der Waals surface area (Å²) < 4.78 is 2.35. The van der Waals surface area contributed by atoms with E-state index < -0.39 is 11.8 Å². The number of nitrogens with zero attached hydrogens (tertiary/aromatic N) is 4. The van der Waals surface area contributed by atoms with Crippen LogP contribution in [0.1, 0.15) is 13.8 Å².